The summed E-state index contributed by atoms with van der Waals surface area (Å²) >= 11 is 12.1. The molecule has 1 aliphatic rings. The number of nitrogens with one attached hydrogen (secondary N) is 1. The number of alkyl halides is 2. The van der Waals surface area contributed by atoms with E-state index in [4.69, 9.17) is 23.2 Å². The number of hydrogen-bond donors (Lipinski definition) is 1. The lowest BCUT2D eigenvalue weighted by Crippen LogP contribution is -2.45. The van der Waals surface area contributed by atoms with Crippen LogP contribution in [0.3, 0.4) is 0 Å². The van der Waals surface area contributed by atoms with Crippen molar-refractivity contribution in [2.24, 2.45) is 0 Å². The summed E-state index contributed by atoms with van der Waals surface area (Å²) in [6.07, 6.45) is 3.66. The summed E-state index contributed by atoms with van der Waals surface area (Å²) in [4.78, 5) is 23.2. The molecule has 2 heterocycles. The molecule has 1 aromatic heterocycles. The lowest BCUT2D eigenvalue weighted by atomic mass is 10.0. The quantitative estimate of drug-likeness (QED) is 0.712. The van der Waals surface area contributed by atoms with Crippen LogP contribution < -0.4 is 5.32 Å². The molecule has 0 unspecified atom stereocenters. The number of carbonyl (C=O) groups is 1. The van der Waals surface area contributed by atoms with Gasteiger partial charge >= 0.3 is 0 Å². The SMILES string of the molecule is CCc1ncc([C@@H](CNC(=O)c2cccc(Cl)c2Cl)N2CCC(F)(F)CC2)cn1. The molecule has 1 fully saturated rings. The first-order valence-electron chi connectivity index (χ1n) is 9.45. The van der Waals surface area contributed by atoms with Crippen molar-refractivity contribution in [1.29, 1.82) is 0 Å². The summed E-state index contributed by atoms with van der Waals surface area (Å²) in [5.74, 6) is -2.33. The van der Waals surface area contributed by atoms with Crippen LogP contribution >= 0.6 is 23.2 Å². The Morgan fingerprint density at radius 1 is 1.24 bits per heavy atom. The Morgan fingerprint density at radius 3 is 2.52 bits per heavy atom. The summed E-state index contributed by atoms with van der Waals surface area (Å²) < 4.78 is 27.2. The highest BCUT2D eigenvalue weighted by Crippen LogP contribution is 2.32. The topological polar surface area (TPSA) is 58.1 Å². The Kier molecular flexibility index (Phi) is 7.03. The summed E-state index contributed by atoms with van der Waals surface area (Å²) in [6, 6.07) is 4.51. The maximum Gasteiger partial charge on any atom is 0.252 e. The molecule has 0 aliphatic carbocycles. The molecule has 0 spiro atoms. The van der Waals surface area contributed by atoms with E-state index in [9.17, 15) is 13.6 Å². The molecule has 1 N–H and O–H groups in total. The molecule has 156 valence electrons. The summed E-state index contributed by atoms with van der Waals surface area (Å²) in [6.45, 7) is 2.61. The van der Waals surface area contributed by atoms with Crippen LogP contribution in [0, 0.1) is 0 Å². The lowest BCUT2D eigenvalue weighted by molar-refractivity contribution is -0.0632. The molecule has 1 aliphatic heterocycles. The number of aryl methyl sites for hydroxylation is 1. The maximum absolute atomic E-state index is 13.6. The normalized spacial score (nSPS) is 17.7. The molecule has 0 saturated carbocycles. The second-order valence-electron chi connectivity index (χ2n) is 7.01. The first kappa shape index (κ1) is 21.9. The highest BCUT2D eigenvalue weighted by atomic mass is 35.5. The third kappa shape index (κ3) is 5.41. The van der Waals surface area contributed by atoms with Gasteiger partial charge in [0.1, 0.15) is 5.82 Å². The van der Waals surface area contributed by atoms with Gasteiger partial charge in [-0.15, -0.1) is 0 Å². The van der Waals surface area contributed by atoms with Gasteiger partial charge in [0.15, 0.2) is 0 Å². The molecule has 1 atom stereocenters. The fraction of sp³-hybridized carbons (Fsp3) is 0.450. The van der Waals surface area contributed by atoms with E-state index in [0.717, 1.165) is 5.56 Å². The maximum atomic E-state index is 13.6. The van der Waals surface area contributed by atoms with E-state index >= 15 is 0 Å². The largest absolute Gasteiger partial charge is 0.350 e. The Bertz CT molecular complexity index is 854. The highest BCUT2D eigenvalue weighted by molar-refractivity contribution is 6.43. The van der Waals surface area contributed by atoms with Gasteiger partial charge in [0.2, 0.25) is 0 Å². The van der Waals surface area contributed by atoms with Crippen molar-refractivity contribution in [3.63, 3.8) is 0 Å². The monoisotopic (exact) mass is 442 g/mol. The molecule has 0 bridgehead atoms. The van der Waals surface area contributed by atoms with Crippen molar-refractivity contribution in [1.82, 2.24) is 20.2 Å². The standard InChI is InChI=1S/C20H22Cl2F2N4O/c1-2-17-25-10-13(11-26-17)16(28-8-6-20(23,24)7-9-28)12-27-19(29)14-4-3-5-15(21)18(14)22/h3-5,10-11,16H,2,6-9,12H2,1H3,(H,27,29)/t16-/m1/s1. The van der Waals surface area contributed by atoms with Crippen LogP contribution in [0.25, 0.3) is 0 Å². The second-order valence-corrected chi connectivity index (χ2v) is 7.79. The van der Waals surface area contributed by atoms with Gasteiger partial charge in [0, 0.05) is 56.9 Å². The van der Waals surface area contributed by atoms with Gasteiger partial charge in [0.05, 0.1) is 21.7 Å². The van der Waals surface area contributed by atoms with E-state index in [2.05, 4.69) is 15.3 Å². The zero-order chi connectivity index (χ0) is 21.0. The van der Waals surface area contributed by atoms with Gasteiger partial charge in [-0.1, -0.05) is 36.2 Å². The number of rotatable bonds is 6. The fourth-order valence-electron chi connectivity index (χ4n) is 3.30. The molecule has 2 aromatic rings. The Morgan fingerprint density at radius 2 is 1.90 bits per heavy atom. The Hall–Kier alpha value is -1.83. The number of nitrogens with zero attached hydrogens (tertiary/aromatic N) is 3. The number of aromatic nitrogens is 2. The highest BCUT2D eigenvalue weighted by Gasteiger charge is 2.36. The molecule has 29 heavy (non-hydrogen) atoms. The van der Waals surface area contributed by atoms with E-state index in [1.54, 1.807) is 30.6 Å². The average molecular weight is 443 g/mol. The van der Waals surface area contributed by atoms with E-state index in [-0.39, 0.29) is 60.0 Å². The van der Waals surface area contributed by atoms with Crippen LogP contribution in [0.5, 0.6) is 0 Å². The minimum atomic E-state index is -2.65. The van der Waals surface area contributed by atoms with E-state index in [1.807, 2.05) is 11.8 Å². The predicted octanol–water partition coefficient (Wildman–Crippen LogP) is 4.55. The zero-order valence-corrected chi connectivity index (χ0v) is 17.5. The third-order valence-corrected chi connectivity index (χ3v) is 5.87. The van der Waals surface area contributed by atoms with Crippen LogP contribution in [0.2, 0.25) is 10.0 Å². The molecule has 1 saturated heterocycles. The fourth-order valence-corrected chi connectivity index (χ4v) is 3.69. The van der Waals surface area contributed by atoms with Crippen molar-refractivity contribution in [2.75, 3.05) is 19.6 Å². The number of halogens is 4. The van der Waals surface area contributed by atoms with Crippen molar-refractivity contribution >= 4 is 29.1 Å². The number of likely N-dealkylation sites (tertiary alicyclic amines) is 1. The van der Waals surface area contributed by atoms with E-state index in [0.29, 0.717) is 12.2 Å². The molecule has 3 rings (SSSR count). The van der Waals surface area contributed by atoms with Gasteiger partial charge in [-0.05, 0) is 12.1 Å². The molecule has 9 heteroatoms. The molecule has 0 radical (unpaired) electrons. The van der Waals surface area contributed by atoms with Gasteiger partial charge in [-0.2, -0.15) is 0 Å². The predicted molar refractivity (Wildman–Crippen MR) is 109 cm³/mol. The van der Waals surface area contributed by atoms with Gasteiger partial charge in [0.25, 0.3) is 11.8 Å². The van der Waals surface area contributed by atoms with Crippen LogP contribution in [0.4, 0.5) is 8.78 Å². The first-order chi connectivity index (χ1) is 13.8. The third-order valence-electron chi connectivity index (χ3n) is 5.05. The molecular weight excluding hydrogens is 421 g/mol. The molecule has 5 nitrogen and oxygen atoms in total. The first-order valence-corrected chi connectivity index (χ1v) is 10.2. The van der Waals surface area contributed by atoms with Crippen LogP contribution in [-0.4, -0.2) is 46.3 Å². The van der Waals surface area contributed by atoms with Gasteiger partial charge in [-0.25, -0.2) is 18.7 Å². The minimum Gasteiger partial charge on any atom is -0.350 e. The Labute approximate surface area is 178 Å². The summed E-state index contributed by atoms with van der Waals surface area (Å²) in [7, 11) is 0. The molecular formula is C20H22Cl2F2N4O. The second kappa shape index (κ2) is 9.32. The smallest absolute Gasteiger partial charge is 0.252 e. The number of carbonyl (C=O) groups excluding carboxylic acids is 1. The van der Waals surface area contributed by atoms with Crippen molar-refractivity contribution < 1.29 is 13.6 Å². The number of benzene rings is 1. The van der Waals surface area contributed by atoms with Gasteiger partial charge < -0.3 is 5.32 Å². The Balaban J connectivity index is 1.77. The number of amides is 1. The van der Waals surface area contributed by atoms with E-state index in [1.165, 1.54) is 0 Å². The lowest BCUT2D eigenvalue weighted by Gasteiger charge is -2.37. The molecule has 1 aromatic carbocycles. The van der Waals surface area contributed by atoms with E-state index < -0.39 is 5.92 Å². The molecule has 1 amide bonds. The van der Waals surface area contributed by atoms with Crippen molar-refractivity contribution in [3.05, 3.63) is 57.6 Å². The van der Waals surface area contributed by atoms with Crippen LogP contribution in [-0.2, 0) is 6.42 Å². The van der Waals surface area contributed by atoms with Crippen LogP contribution in [0.1, 0.15) is 47.6 Å². The summed E-state index contributed by atoms with van der Waals surface area (Å²) in [5.41, 5.74) is 1.03. The van der Waals surface area contributed by atoms with Crippen LogP contribution in [0.15, 0.2) is 30.6 Å². The minimum absolute atomic E-state index is 0.177. The number of piperidine rings is 1. The number of hydrogen-bond acceptors (Lipinski definition) is 4. The average Bonchev–Trinajstić information content (AvgIpc) is 2.71. The van der Waals surface area contributed by atoms with Gasteiger partial charge in [-0.3, -0.25) is 9.69 Å². The van der Waals surface area contributed by atoms with Crippen molar-refractivity contribution in [2.45, 2.75) is 38.2 Å². The zero-order valence-electron chi connectivity index (χ0n) is 16.0. The summed E-state index contributed by atoms with van der Waals surface area (Å²) in [5, 5.41) is 3.31. The van der Waals surface area contributed by atoms with Crippen molar-refractivity contribution in [3.8, 4) is 0 Å².